The average molecular weight is 318 g/mol. The summed E-state index contributed by atoms with van der Waals surface area (Å²) in [6, 6.07) is 5.32. The Hall–Kier alpha value is -2.77. The standard InChI is InChI=1S/C15H18N4O4/c1-9-7-11-8-12(3-4-13(11)22-9)17-15(20)16-5-6-21-14-10(2)18-23-19-14/h3-4,8-9H,5-7H2,1-2H3,(H2,16,17,20). The van der Waals surface area contributed by atoms with Crippen molar-refractivity contribution in [1.29, 1.82) is 0 Å². The van der Waals surface area contributed by atoms with Crippen molar-refractivity contribution in [2.45, 2.75) is 26.4 Å². The lowest BCUT2D eigenvalue weighted by molar-refractivity contribution is 0.240. The molecule has 0 spiro atoms. The van der Waals surface area contributed by atoms with Gasteiger partial charge in [-0.05, 0) is 42.8 Å². The molecule has 1 aromatic carbocycles. The van der Waals surface area contributed by atoms with Crippen LogP contribution in [0.5, 0.6) is 11.6 Å². The van der Waals surface area contributed by atoms with Crippen LogP contribution in [-0.2, 0) is 6.42 Å². The van der Waals surface area contributed by atoms with Crippen LogP contribution in [0.15, 0.2) is 22.8 Å². The van der Waals surface area contributed by atoms with Crippen LogP contribution in [0.4, 0.5) is 10.5 Å². The number of ether oxygens (including phenoxy) is 2. The second-order valence-electron chi connectivity index (χ2n) is 5.34. The zero-order valence-corrected chi connectivity index (χ0v) is 13.0. The summed E-state index contributed by atoms with van der Waals surface area (Å²) >= 11 is 0. The largest absolute Gasteiger partial charge is 0.490 e. The van der Waals surface area contributed by atoms with Gasteiger partial charge in [0.25, 0.3) is 5.88 Å². The molecule has 2 aromatic rings. The number of hydrogen-bond acceptors (Lipinski definition) is 6. The first-order chi connectivity index (χ1) is 11.1. The highest BCUT2D eigenvalue weighted by Crippen LogP contribution is 2.30. The van der Waals surface area contributed by atoms with E-state index in [4.69, 9.17) is 9.47 Å². The molecule has 1 unspecified atom stereocenters. The lowest BCUT2D eigenvalue weighted by atomic mass is 10.1. The monoisotopic (exact) mass is 318 g/mol. The lowest BCUT2D eigenvalue weighted by Crippen LogP contribution is -2.32. The van der Waals surface area contributed by atoms with Crippen molar-refractivity contribution >= 4 is 11.7 Å². The van der Waals surface area contributed by atoms with Crippen LogP contribution in [0.1, 0.15) is 18.2 Å². The molecule has 122 valence electrons. The van der Waals surface area contributed by atoms with Crippen LogP contribution in [0.3, 0.4) is 0 Å². The second-order valence-corrected chi connectivity index (χ2v) is 5.34. The Morgan fingerprint density at radius 3 is 3.09 bits per heavy atom. The molecule has 8 nitrogen and oxygen atoms in total. The third kappa shape index (κ3) is 3.71. The quantitative estimate of drug-likeness (QED) is 0.817. The van der Waals surface area contributed by atoms with Gasteiger partial charge in [-0.3, -0.25) is 0 Å². The van der Waals surface area contributed by atoms with Gasteiger partial charge < -0.3 is 20.1 Å². The maximum absolute atomic E-state index is 11.8. The van der Waals surface area contributed by atoms with Crippen molar-refractivity contribution in [2.24, 2.45) is 0 Å². The van der Waals surface area contributed by atoms with Crippen LogP contribution in [0, 0.1) is 6.92 Å². The lowest BCUT2D eigenvalue weighted by Gasteiger charge is -2.09. The Bertz CT molecular complexity index is 701. The van der Waals surface area contributed by atoms with E-state index in [0.29, 0.717) is 18.1 Å². The summed E-state index contributed by atoms with van der Waals surface area (Å²) in [7, 11) is 0. The first-order valence-corrected chi connectivity index (χ1v) is 7.38. The summed E-state index contributed by atoms with van der Waals surface area (Å²) in [5, 5.41) is 12.7. The SMILES string of the molecule is Cc1nonc1OCCNC(=O)Nc1ccc2c(c1)CC(C)O2. The Balaban J connectivity index is 1.43. The summed E-state index contributed by atoms with van der Waals surface area (Å²) in [6.07, 6.45) is 1.03. The molecule has 1 atom stereocenters. The first-order valence-electron chi connectivity index (χ1n) is 7.38. The number of hydrogen-bond donors (Lipinski definition) is 2. The third-order valence-corrected chi connectivity index (χ3v) is 3.39. The third-order valence-electron chi connectivity index (χ3n) is 3.39. The van der Waals surface area contributed by atoms with Crippen molar-refractivity contribution in [2.75, 3.05) is 18.5 Å². The smallest absolute Gasteiger partial charge is 0.319 e. The van der Waals surface area contributed by atoms with Gasteiger partial charge in [-0.1, -0.05) is 5.16 Å². The van der Waals surface area contributed by atoms with Crippen molar-refractivity contribution in [3.05, 3.63) is 29.5 Å². The Labute approximate surface area is 133 Å². The van der Waals surface area contributed by atoms with Gasteiger partial charge in [0.2, 0.25) is 0 Å². The highest BCUT2D eigenvalue weighted by atomic mass is 16.6. The molecule has 1 aliphatic rings. The molecule has 8 heteroatoms. The molecular weight excluding hydrogens is 300 g/mol. The number of urea groups is 1. The summed E-state index contributed by atoms with van der Waals surface area (Å²) in [6.45, 7) is 4.36. The van der Waals surface area contributed by atoms with Gasteiger partial charge in [-0.15, -0.1) is 0 Å². The molecule has 1 aromatic heterocycles. The van der Waals surface area contributed by atoms with Crippen LogP contribution >= 0.6 is 0 Å². The maximum atomic E-state index is 11.8. The molecule has 2 heterocycles. The molecule has 2 amide bonds. The van der Waals surface area contributed by atoms with Gasteiger partial charge in [0.15, 0.2) is 0 Å². The minimum absolute atomic E-state index is 0.181. The van der Waals surface area contributed by atoms with Gasteiger partial charge in [-0.2, -0.15) is 0 Å². The van der Waals surface area contributed by atoms with Crippen molar-refractivity contribution in [3.63, 3.8) is 0 Å². The van der Waals surface area contributed by atoms with E-state index in [9.17, 15) is 4.79 Å². The number of carbonyl (C=O) groups excluding carboxylic acids is 1. The van der Waals surface area contributed by atoms with Gasteiger partial charge in [0.05, 0.1) is 6.54 Å². The van der Waals surface area contributed by atoms with Crippen LogP contribution in [0.25, 0.3) is 0 Å². The zero-order valence-electron chi connectivity index (χ0n) is 13.0. The molecule has 2 N–H and O–H groups in total. The number of fused-ring (bicyclic) bond motifs is 1. The molecule has 0 saturated heterocycles. The molecule has 0 aliphatic carbocycles. The number of nitrogens with zero attached hydrogens (tertiary/aromatic N) is 2. The fourth-order valence-corrected chi connectivity index (χ4v) is 2.34. The summed E-state index contributed by atoms with van der Waals surface area (Å²) in [4.78, 5) is 11.8. The number of benzene rings is 1. The number of rotatable bonds is 5. The van der Waals surface area contributed by atoms with Crippen molar-refractivity contribution < 1.29 is 18.9 Å². The minimum atomic E-state index is -0.296. The van der Waals surface area contributed by atoms with Crippen LogP contribution in [-0.4, -0.2) is 35.6 Å². The normalized spacial score (nSPS) is 15.7. The van der Waals surface area contributed by atoms with Crippen LogP contribution < -0.4 is 20.1 Å². The molecule has 23 heavy (non-hydrogen) atoms. The predicted molar refractivity (Wildman–Crippen MR) is 81.8 cm³/mol. The molecule has 0 bridgehead atoms. The zero-order chi connectivity index (χ0) is 16.2. The van der Waals surface area contributed by atoms with Gasteiger partial charge in [0, 0.05) is 12.1 Å². The van der Waals surface area contributed by atoms with Gasteiger partial charge >= 0.3 is 6.03 Å². The van der Waals surface area contributed by atoms with E-state index in [1.165, 1.54) is 0 Å². The van der Waals surface area contributed by atoms with Crippen molar-refractivity contribution in [1.82, 2.24) is 15.6 Å². The Morgan fingerprint density at radius 2 is 2.30 bits per heavy atom. The number of amides is 2. The van der Waals surface area contributed by atoms with E-state index in [0.717, 1.165) is 23.4 Å². The highest BCUT2D eigenvalue weighted by molar-refractivity contribution is 5.89. The number of nitrogens with one attached hydrogen (secondary N) is 2. The van der Waals surface area contributed by atoms with E-state index < -0.39 is 0 Å². The fourth-order valence-electron chi connectivity index (χ4n) is 2.34. The van der Waals surface area contributed by atoms with E-state index >= 15 is 0 Å². The topological polar surface area (TPSA) is 98.5 Å². The average Bonchev–Trinajstić information content (AvgIpc) is 3.08. The van der Waals surface area contributed by atoms with E-state index in [-0.39, 0.29) is 18.7 Å². The fraction of sp³-hybridized carbons (Fsp3) is 0.400. The number of anilines is 1. The van der Waals surface area contributed by atoms with Crippen molar-refractivity contribution in [3.8, 4) is 11.6 Å². The summed E-state index contributed by atoms with van der Waals surface area (Å²) < 4.78 is 15.5. The molecule has 0 saturated carbocycles. The number of aromatic nitrogens is 2. The Kier molecular flexibility index (Phi) is 4.31. The molecular formula is C15H18N4O4. The molecule has 0 fully saturated rings. The minimum Gasteiger partial charge on any atom is -0.490 e. The highest BCUT2D eigenvalue weighted by Gasteiger charge is 2.19. The number of carbonyl (C=O) groups is 1. The van der Waals surface area contributed by atoms with E-state index in [1.54, 1.807) is 6.92 Å². The first kappa shape index (κ1) is 15.1. The van der Waals surface area contributed by atoms with E-state index in [1.807, 2.05) is 25.1 Å². The summed E-state index contributed by atoms with van der Waals surface area (Å²) in [5.41, 5.74) is 2.41. The maximum Gasteiger partial charge on any atom is 0.319 e. The predicted octanol–water partition coefficient (Wildman–Crippen LogP) is 1.90. The molecule has 0 radical (unpaired) electrons. The second kappa shape index (κ2) is 6.55. The molecule has 1 aliphatic heterocycles. The van der Waals surface area contributed by atoms with Gasteiger partial charge in [-0.25, -0.2) is 9.42 Å². The van der Waals surface area contributed by atoms with Crippen LogP contribution in [0.2, 0.25) is 0 Å². The number of aryl methyl sites for hydroxylation is 1. The Morgan fingerprint density at radius 1 is 1.43 bits per heavy atom. The van der Waals surface area contributed by atoms with Gasteiger partial charge in [0.1, 0.15) is 24.2 Å². The molecule has 3 rings (SSSR count). The summed E-state index contributed by atoms with van der Waals surface area (Å²) in [5.74, 6) is 1.22. The van der Waals surface area contributed by atoms with E-state index in [2.05, 4.69) is 25.6 Å².